The van der Waals surface area contributed by atoms with E-state index in [2.05, 4.69) is 20.8 Å². The van der Waals surface area contributed by atoms with Gasteiger partial charge in [0.1, 0.15) is 11.9 Å². The van der Waals surface area contributed by atoms with Crippen molar-refractivity contribution in [3.05, 3.63) is 35.5 Å². The molecule has 0 aliphatic heterocycles. The number of urea groups is 1. The number of benzene rings is 1. The predicted molar refractivity (Wildman–Crippen MR) is 97.9 cm³/mol. The fourth-order valence-electron chi connectivity index (χ4n) is 3.28. The van der Waals surface area contributed by atoms with E-state index >= 15 is 0 Å². The first-order chi connectivity index (χ1) is 13.3. The fraction of sp³-hybridized carbons (Fsp3) is 0.474. The number of nitrogens with one attached hydrogen (secondary N) is 2. The molecule has 8 nitrogen and oxygen atoms in total. The lowest BCUT2D eigenvalue weighted by molar-refractivity contribution is -0.142. The van der Waals surface area contributed by atoms with Gasteiger partial charge >= 0.3 is 12.0 Å². The minimum Gasteiger partial charge on any atom is -0.481 e. The summed E-state index contributed by atoms with van der Waals surface area (Å²) in [6.45, 7) is 3.37. The molecule has 2 amide bonds. The third-order valence-corrected chi connectivity index (χ3v) is 4.99. The Morgan fingerprint density at radius 3 is 2.64 bits per heavy atom. The first-order valence-corrected chi connectivity index (χ1v) is 9.23. The van der Waals surface area contributed by atoms with E-state index in [1.165, 1.54) is 6.07 Å². The largest absolute Gasteiger partial charge is 0.481 e. The van der Waals surface area contributed by atoms with E-state index in [-0.39, 0.29) is 29.7 Å². The highest BCUT2D eigenvalue weighted by atomic mass is 19.1. The lowest BCUT2D eigenvalue weighted by atomic mass is 9.86. The maximum absolute atomic E-state index is 13.4. The van der Waals surface area contributed by atoms with Gasteiger partial charge in [-0.1, -0.05) is 5.16 Å². The molecule has 1 aliphatic rings. The van der Waals surface area contributed by atoms with Crippen molar-refractivity contribution in [2.24, 2.45) is 5.92 Å². The lowest BCUT2D eigenvalue weighted by Gasteiger charge is -2.27. The molecule has 1 heterocycles. The van der Waals surface area contributed by atoms with Crippen molar-refractivity contribution in [2.45, 2.75) is 51.6 Å². The summed E-state index contributed by atoms with van der Waals surface area (Å²) in [6, 6.07) is 3.59. The zero-order valence-electron chi connectivity index (χ0n) is 15.7. The van der Waals surface area contributed by atoms with Gasteiger partial charge in [-0.05, 0) is 63.3 Å². The van der Waals surface area contributed by atoms with Crippen LogP contribution < -0.4 is 10.6 Å². The van der Waals surface area contributed by atoms with Crippen LogP contribution in [0.1, 0.15) is 50.1 Å². The Balaban J connectivity index is 1.54. The highest BCUT2D eigenvalue weighted by Crippen LogP contribution is 2.24. The molecule has 28 heavy (non-hydrogen) atoms. The molecule has 1 unspecified atom stereocenters. The SMILES string of the molecule is Cc1cc(-c2noc(C(C)NC(=O)NC3CCC(C(=O)O)CC3)n2)ccc1F. The van der Waals surface area contributed by atoms with E-state index in [0.29, 0.717) is 42.6 Å². The van der Waals surface area contributed by atoms with Crippen LogP contribution in [0.2, 0.25) is 0 Å². The zero-order chi connectivity index (χ0) is 20.3. The average Bonchev–Trinajstić information content (AvgIpc) is 3.14. The van der Waals surface area contributed by atoms with E-state index in [0.717, 1.165) is 0 Å². The second-order valence-corrected chi connectivity index (χ2v) is 7.15. The molecule has 3 N–H and O–H groups in total. The molecule has 2 aromatic rings. The standard InChI is InChI=1S/C19H23FN4O4/c1-10-9-13(5-8-15(10)20)16-23-17(28-24-16)11(2)21-19(27)22-14-6-3-12(4-7-14)18(25)26/h5,8-9,11-12,14H,3-4,6-7H2,1-2H3,(H,25,26)(H2,21,22,27). The zero-order valence-corrected chi connectivity index (χ0v) is 15.7. The monoisotopic (exact) mass is 390 g/mol. The number of aryl methyl sites for hydroxylation is 1. The highest BCUT2D eigenvalue weighted by molar-refractivity contribution is 5.75. The number of carbonyl (C=O) groups excluding carboxylic acids is 1. The van der Waals surface area contributed by atoms with Crippen molar-refractivity contribution >= 4 is 12.0 Å². The van der Waals surface area contributed by atoms with Crippen LogP contribution >= 0.6 is 0 Å². The molecule has 1 aliphatic carbocycles. The Bertz CT molecular complexity index is 861. The van der Waals surface area contributed by atoms with Crippen LogP contribution in [0.5, 0.6) is 0 Å². The Kier molecular flexibility index (Phi) is 5.91. The number of carboxylic acids is 1. The Hall–Kier alpha value is -2.97. The summed E-state index contributed by atoms with van der Waals surface area (Å²) in [5.74, 6) is -0.857. The van der Waals surface area contributed by atoms with Crippen LogP contribution in [0.3, 0.4) is 0 Å². The molecule has 150 valence electrons. The minimum absolute atomic E-state index is 0.0526. The Morgan fingerprint density at radius 2 is 2.00 bits per heavy atom. The van der Waals surface area contributed by atoms with E-state index < -0.39 is 12.0 Å². The highest BCUT2D eigenvalue weighted by Gasteiger charge is 2.27. The number of carbonyl (C=O) groups is 2. The summed E-state index contributed by atoms with van der Waals surface area (Å²) in [4.78, 5) is 27.5. The number of halogens is 1. The van der Waals surface area contributed by atoms with Crippen LogP contribution in [0.15, 0.2) is 22.7 Å². The van der Waals surface area contributed by atoms with Gasteiger partial charge in [0, 0.05) is 11.6 Å². The van der Waals surface area contributed by atoms with Crippen LogP contribution in [-0.4, -0.2) is 33.3 Å². The number of hydrogen-bond donors (Lipinski definition) is 3. The molecule has 0 radical (unpaired) electrons. The summed E-state index contributed by atoms with van der Waals surface area (Å²) in [5.41, 5.74) is 1.10. The van der Waals surface area contributed by atoms with Gasteiger partial charge < -0.3 is 20.3 Å². The topological polar surface area (TPSA) is 117 Å². The summed E-state index contributed by atoms with van der Waals surface area (Å²) < 4.78 is 18.6. The summed E-state index contributed by atoms with van der Waals surface area (Å²) in [6.07, 6.45) is 2.38. The molecule has 1 aromatic carbocycles. The molecule has 1 saturated carbocycles. The van der Waals surface area contributed by atoms with Crippen molar-refractivity contribution < 1.29 is 23.6 Å². The Labute approximate surface area is 161 Å². The number of aliphatic carboxylic acids is 1. The van der Waals surface area contributed by atoms with Crippen molar-refractivity contribution in [2.75, 3.05) is 0 Å². The maximum atomic E-state index is 13.4. The lowest BCUT2D eigenvalue weighted by Crippen LogP contribution is -2.44. The normalized spacial score (nSPS) is 20.4. The molecule has 0 spiro atoms. The third kappa shape index (κ3) is 4.65. The first kappa shape index (κ1) is 19.8. The van der Waals surface area contributed by atoms with Crippen molar-refractivity contribution in [3.8, 4) is 11.4 Å². The molecule has 1 aromatic heterocycles. The number of hydrogen-bond acceptors (Lipinski definition) is 5. The average molecular weight is 390 g/mol. The van der Waals surface area contributed by atoms with Crippen molar-refractivity contribution in [3.63, 3.8) is 0 Å². The number of carboxylic acid groups (broad SMARTS) is 1. The van der Waals surface area contributed by atoms with Crippen LogP contribution in [0.25, 0.3) is 11.4 Å². The molecular formula is C19H23FN4O4. The van der Waals surface area contributed by atoms with Gasteiger partial charge in [-0.3, -0.25) is 4.79 Å². The van der Waals surface area contributed by atoms with Crippen LogP contribution in [0.4, 0.5) is 9.18 Å². The van der Waals surface area contributed by atoms with E-state index in [1.54, 1.807) is 26.0 Å². The first-order valence-electron chi connectivity index (χ1n) is 9.23. The quantitative estimate of drug-likeness (QED) is 0.722. The van der Waals surface area contributed by atoms with Gasteiger partial charge in [0.25, 0.3) is 0 Å². The molecular weight excluding hydrogens is 367 g/mol. The van der Waals surface area contributed by atoms with Gasteiger partial charge in [-0.25, -0.2) is 9.18 Å². The van der Waals surface area contributed by atoms with Crippen LogP contribution in [-0.2, 0) is 4.79 Å². The van der Waals surface area contributed by atoms with Crippen LogP contribution in [0, 0.1) is 18.7 Å². The van der Waals surface area contributed by atoms with Gasteiger partial charge in [-0.2, -0.15) is 4.98 Å². The fourth-order valence-corrected chi connectivity index (χ4v) is 3.28. The van der Waals surface area contributed by atoms with E-state index in [4.69, 9.17) is 9.63 Å². The summed E-state index contributed by atoms with van der Waals surface area (Å²) in [5, 5.41) is 18.5. The predicted octanol–water partition coefficient (Wildman–Crippen LogP) is 3.19. The van der Waals surface area contributed by atoms with Crippen molar-refractivity contribution in [1.29, 1.82) is 0 Å². The number of amides is 2. The second-order valence-electron chi connectivity index (χ2n) is 7.15. The summed E-state index contributed by atoms with van der Waals surface area (Å²) in [7, 11) is 0. The maximum Gasteiger partial charge on any atom is 0.315 e. The van der Waals surface area contributed by atoms with E-state index in [1.807, 2.05) is 0 Å². The molecule has 0 bridgehead atoms. The molecule has 9 heteroatoms. The number of rotatable bonds is 5. The molecule has 0 saturated heterocycles. The van der Waals surface area contributed by atoms with Crippen molar-refractivity contribution in [1.82, 2.24) is 20.8 Å². The number of nitrogens with zero attached hydrogens (tertiary/aromatic N) is 2. The van der Waals surface area contributed by atoms with E-state index in [9.17, 15) is 14.0 Å². The minimum atomic E-state index is -0.778. The Morgan fingerprint density at radius 1 is 1.29 bits per heavy atom. The van der Waals surface area contributed by atoms with Gasteiger partial charge in [0.2, 0.25) is 11.7 Å². The summed E-state index contributed by atoms with van der Waals surface area (Å²) >= 11 is 0. The second kappa shape index (κ2) is 8.37. The number of aromatic nitrogens is 2. The smallest absolute Gasteiger partial charge is 0.315 e. The molecule has 1 fully saturated rings. The molecule has 3 rings (SSSR count). The van der Waals surface area contributed by atoms with Gasteiger partial charge in [0.15, 0.2) is 0 Å². The third-order valence-electron chi connectivity index (χ3n) is 4.99. The van der Waals surface area contributed by atoms with Gasteiger partial charge in [-0.15, -0.1) is 0 Å². The molecule has 1 atom stereocenters. The van der Waals surface area contributed by atoms with Gasteiger partial charge in [0.05, 0.1) is 5.92 Å².